The van der Waals surface area contributed by atoms with E-state index in [2.05, 4.69) is 5.32 Å². The summed E-state index contributed by atoms with van der Waals surface area (Å²) >= 11 is 0. The molecule has 134 valence electrons. The third-order valence-electron chi connectivity index (χ3n) is 3.46. The van der Waals surface area contributed by atoms with E-state index >= 15 is 0 Å². The van der Waals surface area contributed by atoms with Gasteiger partial charge >= 0.3 is 6.03 Å². The van der Waals surface area contributed by atoms with E-state index in [1.807, 2.05) is 30.3 Å². The Balaban J connectivity index is 1.90. The van der Waals surface area contributed by atoms with Gasteiger partial charge in [-0.2, -0.15) is 0 Å². The summed E-state index contributed by atoms with van der Waals surface area (Å²) in [6.45, 7) is 0.758. The highest BCUT2D eigenvalue weighted by Gasteiger charge is 2.13. The number of carbonyl (C=O) groups is 1. The monoisotopic (exact) mass is 362 g/mol. The molecule has 0 fully saturated rings. The average molecular weight is 362 g/mol. The number of likely N-dealkylation sites (N-methyl/N-ethyl adjacent to an activating group) is 1. The van der Waals surface area contributed by atoms with Gasteiger partial charge < -0.3 is 15.0 Å². The molecule has 6 nitrogen and oxygen atoms in total. The van der Waals surface area contributed by atoms with Crippen molar-refractivity contribution in [3.05, 3.63) is 60.2 Å². The molecule has 0 bridgehead atoms. The molecule has 0 heterocycles. The van der Waals surface area contributed by atoms with E-state index in [9.17, 15) is 13.2 Å². The maximum atomic E-state index is 12.3. The van der Waals surface area contributed by atoms with Crippen LogP contribution in [-0.2, 0) is 15.6 Å². The third kappa shape index (κ3) is 6.46. The molecule has 0 saturated carbocycles. The summed E-state index contributed by atoms with van der Waals surface area (Å²) in [7, 11) is -1.53. The molecule has 0 aliphatic heterocycles. The van der Waals surface area contributed by atoms with Gasteiger partial charge in [0.25, 0.3) is 0 Å². The SMILES string of the molecule is CN(CCOc1ccccc1)C(=O)Nc1ccccc1CS(C)(=O)=O. The maximum absolute atomic E-state index is 12.3. The van der Waals surface area contributed by atoms with E-state index in [1.165, 1.54) is 11.2 Å². The second-order valence-corrected chi connectivity index (χ2v) is 7.88. The van der Waals surface area contributed by atoms with Gasteiger partial charge in [-0.1, -0.05) is 36.4 Å². The molecule has 0 atom stereocenters. The summed E-state index contributed by atoms with van der Waals surface area (Å²) in [5, 5.41) is 2.75. The fourth-order valence-corrected chi connectivity index (χ4v) is 3.00. The highest BCUT2D eigenvalue weighted by molar-refractivity contribution is 7.89. The number of carbonyl (C=O) groups excluding carboxylic acids is 1. The van der Waals surface area contributed by atoms with Crippen LogP contribution in [0.5, 0.6) is 5.75 Å². The second kappa shape index (κ2) is 8.53. The van der Waals surface area contributed by atoms with Gasteiger partial charge in [0.15, 0.2) is 9.84 Å². The quantitative estimate of drug-likeness (QED) is 0.822. The molecular formula is C18H22N2O4S. The molecule has 7 heteroatoms. The number of anilines is 1. The van der Waals surface area contributed by atoms with Crippen molar-refractivity contribution in [2.45, 2.75) is 5.75 Å². The normalized spacial score (nSPS) is 11.0. The molecule has 1 N–H and O–H groups in total. The van der Waals surface area contributed by atoms with Crippen LogP contribution in [0, 0.1) is 0 Å². The zero-order chi connectivity index (χ0) is 18.3. The van der Waals surface area contributed by atoms with Gasteiger partial charge in [0, 0.05) is 19.0 Å². The van der Waals surface area contributed by atoms with Crippen molar-refractivity contribution in [3.63, 3.8) is 0 Å². The summed E-state index contributed by atoms with van der Waals surface area (Å²) in [4.78, 5) is 13.8. The van der Waals surface area contributed by atoms with Crippen molar-refractivity contribution in [2.75, 3.05) is 31.8 Å². The average Bonchev–Trinajstić information content (AvgIpc) is 2.56. The molecule has 0 unspecified atom stereocenters. The smallest absolute Gasteiger partial charge is 0.321 e. The fourth-order valence-electron chi connectivity index (χ4n) is 2.18. The summed E-state index contributed by atoms with van der Waals surface area (Å²) in [5.41, 5.74) is 1.06. The molecule has 2 amide bonds. The molecule has 0 aromatic heterocycles. The first-order valence-corrected chi connectivity index (χ1v) is 9.87. The van der Waals surface area contributed by atoms with E-state index in [0.717, 1.165) is 5.75 Å². The topological polar surface area (TPSA) is 75.7 Å². The van der Waals surface area contributed by atoms with Crippen molar-refractivity contribution < 1.29 is 17.9 Å². The van der Waals surface area contributed by atoms with Crippen LogP contribution in [0.1, 0.15) is 5.56 Å². The number of nitrogens with zero attached hydrogens (tertiary/aromatic N) is 1. The zero-order valence-corrected chi connectivity index (χ0v) is 15.1. The van der Waals surface area contributed by atoms with E-state index in [1.54, 1.807) is 31.3 Å². The first-order chi connectivity index (χ1) is 11.8. The van der Waals surface area contributed by atoms with Gasteiger partial charge in [-0.3, -0.25) is 0 Å². The van der Waals surface area contributed by atoms with Gasteiger partial charge in [0.2, 0.25) is 0 Å². The molecule has 25 heavy (non-hydrogen) atoms. The number of nitrogens with one attached hydrogen (secondary N) is 1. The lowest BCUT2D eigenvalue weighted by Crippen LogP contribution is -2.34. The molecular weight excluding hydrogens is 340 g/mol. The lowest BCUT2D eigenvalue weighted by molar-refractivity contribution is 0.207. The van der Waals surface area contributed by atoms with Crippen LogP contribution in [0.3, 0.4) is 0 Å². The largest absolute Gasteiger partial charge is 0.492 e. The van der Waals surface area contributed by atoms with E-state index in [-0.39, 0.29) is 11.8 Å². The molecule has 0 spiro atoms. The van der Waals surface area contributed by atoms with Crippen molar-refractivity contribution in [3.8, 4) is 5.75 Å². The van der Waals surface area contributed by atoms with Crippen LogP contribution < -0.4 is 10.1 Å². The Bertz CT molecular complexity index is 807. The first kappa shape index (κ1) is 18.8. The predicted molar refractivity (Wildman–Crippen MR) is 98.6 cm³/mol. The molecule has 2 rings (SSSR count). The number of urea groups is 1. The summed E-state index contributed by atoms with van der Waals surface area (Å²) < 4.78 is 28.6. The lowest BCUT2D eigenvalue weighted by atomic mass is 10.2. The Morgan fingerprint density at radius 1 is 1.08 bits per heavy atom. The molecule has 0 radical (unpaired) electrons. The Morgan fingerprint density at radius 3 is 2.40 bits per heavy atom. The number of amides is 2. The first-order valence-electron chi connectivity index (χ1n) is 7.81. The molecule has 0 aliphatic carbocycles. The van der Waals surface area contributed by atoms with Gasteiger partial charge in [-0.25, -0.2) is 13.2 Å². The summed E-state index contributed by atoms with van der Waals surface area (Å²) in [6.07, 6.45) is 1.17. The highest BCUT2D eigenvalue weighted by Crippen LogP contribution is 2.18. The Morgan fingerprint density at radius 2 is 1.72 bits per heavy atom. The number of sulfone groups is 1. The number of rotatable bonds is 7. The summed E-state index contributed by atoms with van der Waals surface area (Å²) in [6, 6.07) is 15.9. The van der Waals surface area contributed by atoms with Crippen LogP contribution >= 0.6 is 0 Å². The van der Waals surface area contributed by atoms with Gasteiger partial charge in [-0.05, 0) is 23.8 Å². The maximum Gasteiger partial charge on any atom is 0.321 e. The zero-order valence-electron chi connectivity index (χ0n) is 14.3. The van der Waals surface area contributed by atoms with Crippen LogP contribution in [0.25, 0.3) is 0 Å². The number of para-hydroxylation sites is 2. The highest BCUT2D eigenvalue weighted by atomic mass is 32.2. The van der Waals surface area contributed by atoms with Crippen LogP contribution in [-0.4, -0.2) is 45.8 Å². The van der Waals surface area contributed by atoms with E-state index in [0.29, 0.717) is 24.4 Å². The molecule has 0 saturated heterocycles. The standard InChI is InChI=1S/C18H22N2O4S/c1-20(12-13-24-16-9-4-3-5-10-16)18(21)19-17-11-7-6-8-15(17)14-25(2,22)23/h3-11H,12-14H2,1-2H3,(H,19,21). The lowest BCUT2D eigenvalue weighted by Gasteiger charge is -2.19. The molecule has 0 aliphatic rings. The minimum atomic E-state index is -3.19. The van der Waals surface area contributed by atoms with E-state index < -0.39 is 9.84 Å². The van der Waals surface area contributed by atoms with Crippen molar-refractivity contribution in [2.24, 2.45) is 0 Å². The van der Waals surface area contributed by atoms with Gasteiger partial charge in [-0.15, -0.1) is 0 Å². The van der Waals surface area contributed by atoms with Crippen molar-refractivity contribution >= 4 is 21.6 Å². The van der Waals surface area contributed by atoms with E-state index in [4.69, 9.17) is 4.74 Å². The number of ether oxygens (including phenoxy) is 1. The van der Waals surface area contributed by atoms with Crippen LogP contribution in [0.4, 0.5) is 10.5 Å². The predicted octanol–water partition coefficient (Wildman–Crippen LogP) is 2.77. The van der Waals surface area contributed by atoms with Crippen LogP contribution in [0.15, 0.2) is 54.6 Å². The van der Waals surface area contributed by atoms with Crippen LogP contribution in [0.2, 0.25) is 0 Å². The molecule has 2 aromatic rings. The number of hydrogen-bond donors (Lipinski definition) is 1. The minimum absolute atomic E-state index is 0.121. The summed E-state index contributed by atoms with van der Waals surface area (Å²) in [5.74, 6) is 0.624. The number of benzene rings is 2. The minimum Gasteiger partial charge on any atom is -0.492 e. The Hall–Kier alpha value is -2.54. The second-order valence-electron chi connectivity index (χ2n) is 5.74. The van der Waals surface area contributed by atoms with Crippen molar-refractivity contribution in [1.29, 1.82) is 0 Å². The van der Waals surface area contributed by atoms with Crippen molar-refractivity contribution in [1.82, 2.24) is 4.90 Å². The van der Waals surface area contributed by atoms with Gasteiger partial charge in [0.05, 0.1) is 12.3 Å². The fraction of sp³-hybridized carbons (Fsp3) is 0.278. The van der Waals surface area contributed by atoms with Gasteiger partial charge in [0.1, 0.15) is 12.4 Å². The number of hydrogen-bond acceptors (Lipinski definition) is 4. The Kier molecular flexibility index (Phi) is 6.41. The molecule has 2 aromatic carbocycles. The third-order valence-corrected chi connectivity index (χ3v) is 4.30. The Labute approximate surface area is 148 Å².